The third-order valence-electron chi connectivity index (χ3n) is 3.37. The van der Waals surface area contributed by atoms with Crippen LogP contribution >= 0.6 is 31.9 Å². The standard InChI is InChI=1S/C17H12Br2N2O4/c1-24-15-6-10(12(19)7-13(15)22)8-20-21-17(23)16-5-9-4-11(18)2-3-14(9)25-16/h2-8,22H,1H3,(H,21,23)/b20-8+. The van der Waals surface area contributed by atoms with E-state index in [9.17, 15) is 9.90 Å². The third kappa shape index (κ3) is 3.85. The summed E-state index contributed by atoms with van der Waals surface area (Å²) in [6.07, 6.45) is 1.43. The second-order valence-electron chi connectivity index (χ2n) is 5.04. The summed E-state index contributed by atoms with van der Waals surface area (Å²) >= 11 is 6.68. The van der Waals surface area contributed by atoms with Crippen LogP contribution in [0.25, 0.3) is 11.0 Å². The maximum atomic E-state index is 12.1. The summed E-state index contributed by atoms with van der Waals surface area (Å²) in [5, 5.41) is 14.4. The van der Waals surface area contributed by atoms with Crippen molar-refractivity contribution < 1.29 is 19.1 Å². The van der Waals surface area contributed by atoms with Gasteiger partial charge in [-0.05, 0) is 52.3 Å². The van der Waals surface area contributed by atoms with Gasteiger partial charge in [0, 0.05) is 19.9 Å². The van der Waals surface area contributed by atoms with Crippen LogP contribution in [0.2, 0.25) is 0 Å². The van der Waals surface area contributed by atoms with E-state index in [-0.39, 0.29) is 11.5 Å². The van der Waals surface area contributed by atoms with Crippen LogP contribution in [-0.4, -0.2) is 24.3 Å². The number of fused-ring (bicyclic) bond motifs is 1. The molecule has 3 aromatic rings. The van der Waals surface area contributed by atoms with Gasteiger partial charge in [-0.1, -0.05) is 15.9 Å². The number of benzene rings is 2. The lowest BCUT2D eigenvalue weighted by Crippen LogP contribution is -2.16. The van der Waals surface area contributed by atoms with Crippen LogP contribution in [0.4, 0.5) is 0 Å². The van der Waals surface area contributed by atoms with Crippen LogP contribution in [0.3, 0.4) is 0 Å². The number of nitrogens with zero attached hydrogens (tertiary/aromatic N) is 1. The number of aromatic hydroxyl groups is 1. The lowest BCUT2D eigenvalue weighted by Gasteiger charge is -2.06. The van der Waals surface area contributed by atoms with E-state index in [1.54, 1.807) is 18.2 Å². The number of carbonyl (C=O) groups is 1. The minimum atomic E-state index is -0.467. The Morgan fingerprint density at radius 1 is 1.28 bits per heavy atom. The number of hydrazone groups is 1. The molecule has 0 fully saturated rings. The number of methoxy groups -OCH3 is 1. The van der Waals surface area contributed by atoms with Crippen molar-refractivity contribution >= 4 is 55.0 Å². The molecule has 0 saturated heterocycles. The molecule has 6 nitrogen and oxygen atoms in total. The van der Waals surface area contributed by atoms with E-state index in [0.717, 1.165) is 9.86 Å². The number of halogens is 2. The Labute approximate surface area is 159 Å². The second kappa shape index (κ2) is 7.28. The van der Waals surface area contributed by atoms with E-state index in [4.69, 9.17) is 9.15 Å². The lowest BCUT2D eigenvalue weighted by molar-refractivity contribution is 0.0929. The van der Waals surface area contributed by atoms with Crippen molar-refractivity contribution in [3.63, 3.8) is 0 Å². The fourth-order valence-corrected chi connectivity index (χ4v) is 2.98. The molecular weight excluding hydrogens is 456 g/mol. The Kier molecular flexibility index (Phi) is 5.10. The van der Waals surface area contributed by atoms with Crippen molar-refractivity contribution in [2.45, 2.75) is 0 Å². The third-order valence-corrected chi connectivity index (χ3v) is 4.55. The minimum absolute atomic E-state index is 0.00370. The first kappa shape index (κ1) is 17.5. The highest BCUT2D eigenvalue weighted by Crippen LogP contribution is 2.31. The van der Waals surface area contributed by atoms with Gasteiger partial charge in [0.05, 0.1) is 13.3 Å². The number of furan rings is 1. The Bertz CT molecular complexity index is 982. The highest BCUT2D eigenvalue weighted by Gasteiger charge is 2.12. The fourth-order valence-electron chi connectivity index (χ4n) is 2.16. The topological polar surface area (TPSA) is 84.1 Å². The first-order chi connectivity index (χ1) is 12.0. The number of phenols is 1. The minimum Gasteiger partial charge on any atom is -0.504 e. The molecular formula is C17H12Br2N2O4. The van der Waals surface area contributed by atoms with Crippen LogP contribution in [-0.2, 0) is 0 Å². The van der Waals surface area contributed by atoms with Crippen molar-refractivity contribution in [1.82, 2.24) is 5.43 Å². The van der Waals surface area contributed by atoms with E-state index in [0.29, 0.717) is 21.4 Å². The van der Waals surface area contributed by atoms with Crippen molar-refractivity contribution in [2.75, 3.05) is 7.11 Å². The average molecular weight is 468 g/mol. The van der Waals surface area contributed by atoms with Crippen LogP contribution in [0, 0.1) is 0 Å². The number of ether oxygens (including phenoxy) is 1. The smallest absolute Gasteiger partial charge is 0.307 e. The van der Waals surface area contributed by atoms with Gasteiger partial charge in [-0.15, -0.1) is 0 Å². The molecule has 2 N–H and O–H groups in total. The summed E-state index contributed by atoms with van der Waals surface area (Å²) in [6.45, 7) is 0. The van der Waals surface area contributed by atoms with Gasteiger partial charge in [0.15, 0.2) is 17.3 Å². The summed E-state index contributed by atoms with van der Waals surface area (Å²) in [4.78, 5) is 12.1. The summed E-state index contributed by atoms with van der Waals surface area (Å²) < 4.78 is 12.0. The number of amides is 1. The molecule has 0 aliphatic heterocycles. The van der Waals surface area contributed by atoms with E-state index in [1.807, 2.05) is 12.1 Å². The summed E-state index contributed by atoms with van der Waals surface area (Å²) in [5.41, 5.74) is 3.65. The second-order valence-corrected chi connectivity index (χ2v) is 6.81. The van der Waals surface area contributed by atoms with Gasteiger partial charge in [0.25, 0.3) is 0 Å². The predicted molar refractivity (Wildman–Crippen MR) is 101 cm³/mol. The van der Waals surface area contributed by atoms with E-state index < -0.39 is 5.91 Å². The van der Waals surface area contributed by atoms with Crippen LogP contribution in [0.1, 0.15) is 16.1 Å². The number of carbonyl (C=O) groups excluding carboxylic acids is 1. The first-order valence-corrected chi connectivity index (χ1v) is 8.65. The van der Waals surface area contributed by atoms with Gasteiger partial charge >= 0.3 is 5.91 Å². The van der Waals surface area contributed by atoms with Gasteiger partial charge in [-0.2, -0.15) is 5.10 Å². The number of rotatable bonds is 4. The van der Waals surface area contributed by atoms with Crippen LogP contribution in [0.5, 0.6) is 11.5 Å². The van der Waals surface area contributed by atoms with Gasteiger partial charge in [-0.3, -0.25) is 4.79 Å². The van der Waals surface area contributed by atoms with E-state index >= 15 is 0 Å². The molecule has 0 aliphatic carbocycles. The Hall–Kier alpha value is -2.32. The van der Waals surface area contributed by atoms with Crippen LogP contribution < -0.4 is 10.2 Å². The molecule has 0 atom stereocenters. The molecule has 0 radical (unpaired) electrons. The Morgan fingerprint density at radius 3 is 2.84 bits per heavy atom. The summed E-state index contributed by atoms with van der Waals surface area (Å²) in [6, 6.07) is 10.2. The highest BCUT2D eigenvalue weighted by atomic mass is 79.9. The van der Waals surface area contributed by atoms with E-state index in [2.05, 4.69) is 42.4 Å². The molecule has 2 aromatic carbocycles. The molecule has 1 heterocycles. The molecule has 0 bridgehead atoms. The molecule has 0 spiro atoms. The van der Waals surface area contributed by atoms with Gasteiger partial charge in [0.2, 0.25) is 0 Å². The SMILES string of the molecule is COc1cc(/C=N/NC(=O)c2cc3cc(Br)ccc3o2)c(Br)cc1O. The molecule has 128 valence electrons. The maximum absolute atomic E-state index is 12.1. The summed E-state index contributed by atoms with van der Waals surface area (Å²) in [7, 11) is 1.45. The summed E-state index contributed by atoms with van der Waals surface area (Å²) in [5.74, 6) is 0.000810. The van der Waals surface area contributed by atoms with Crippen molar-refractivity contribution in [3.05, 3.63) is 56.7 Å². The molecule has 1 aromatic heterocycles. The number of nitrogens with one attached hydrogen (secondary N) is 1. The normalized spacial score (nSPS) is 11.2. The first-order valence-electron chi connectivity index (χ1n) is 7.07. The van der Waals surface area contributed by atoms with Gasteiger partial charge < -0.3 is 14.3 Å². The number of phenolic OH excluding ortho intramolecular Hbond substituents is 1. The predicted octanol–water partition coefficient (Wildman–Crippen LogP) is 4.44. The molecule has 3 rings (SSSR count). The zero-order chi connectivity index (χ0) is 18.0. The number of hydrogen-bond acceptors (Lipinski definition) is 5. The van der Waals surface area contributed by atoms with Crippen LogP contribution in [0.15, 0.2) is 54.9 Å². The average Bonchev–Trinajstić information content (AvgIpc) is 2.99. The molecule has 0 aliphatic rings. The zero-order valence-electron chi connectivity index (χ0n) is 12.9. The molecule has 1 amide bonds. The lowest BCUT2D eigenvalue weighted by atomic mass is 10.2. The van der Waals surface area contributed by atoms with Crippen molar-refractivity contribution in [2.24, 2.45) is 5.10 Å². The molecule has 8 heteroatoms. The highest BCUT2D eigenvalue weighted by molar-refractivity contribution is 9.10. The zero-order valence-corrected chi connectivity index (χ0v) is 16.1. The largest absolute Gasteiger partial charge is 0.504 e. The monoisotopic (exact) mass is 466 g/mol. The molecule has 25 heavy (non-hydrogen) atoms. The Morgan fingerprint density at radius 2 is 2.08 bits per heavy atom. The van der Waals surface area contributed by atoms with Gasteiger partial charge in [-0.25, -0.2) is 5.43 Å². The Balaban J connectivity index is 1.76. The van der Waals surface area contributed by atoms with Crippen molar-refractivity contribution in [1.29, 1.82) is 0 Å². The van der Waals surface area contributed by atoms with E-state index in [1.165, 1.54) is 19.4 Å². The van der Waals surface area contributed by atoms with Gasteiger partial charge in [0.1, 0.15) is 5.58 Å². The molecule has 0 unspecified atom stereocenters. The quantitative estimate of drug-likeness (QED) is 0.439. The number of hydrogen-bond donors (Lipinski definition) is 2. The molecule has 0 saturated carbocycles. The van der Waals surface area contributed by atoms with Crippen molar-refractivity contribution in [3.8, 4) is 11.5 Å². The fraction of sp³-hybridized carbons (Fsp3) is 0.0588. The maximum Gasteiger partial charge on any atom is 0.307 e.